The number of anilines is 1. The minimum Gasteiger partial charge on any atom is -0.369 e. The van der Waals surface area contributed by atoms with E-state index >= 15 is 0 Å². The normalized spacial score (nSPS) is 18.3. The second kappa shape index (κ2) is 6.14. The van der Waals surface area contributed by atoms with Gasteiger partial charge >= 0.3 is 0 Å². The Bertz CT molecular complexity index is 520. The number of aromatic nitrogens is 2. The molecule has 112 valence electrons. The van der Waals surface area contributed by atoms with E-state index in [-0.39, 0.29) is 11.1 Å². The molecule has 5 nitrogen and oxygen atoms in total. The molecule has 0 aromatic carbocycles. The highest BCUT2D eigenvalue weighted by Crippen LogP contribution is 2.28. The molecular weight excluding hydrogens is 276 g/mol. The number of halogens is 1. The molecule has 0 bridgehead atoms. The molecule has 0 radical (unpaired) electrons. The Morgan fingerprint density at radius 1 is 1.45 bits per heavy atom. The van der Waals surface area contributed by atoms with Gasteiger partial charge in [-0.3, -0.25) is 4.79 Å². The van der Waals surface area contributed by atoms with E-state index < -0.39 is 0 Å². The van der Waals surface area contributed by atoms with Crippen LogP contribution in [-0.2, 0) is 6.54 Å². The van der Waals surface area contributed by atoms with E-state index in [9.17, 15) is 4.79 Å². The molecule has 1 fully saturated rings. The zero-order chi connectivity index (χ0) is 14.8. The first-order valence-corrected chi connectivity index (χ1v) is 7.58. The summed E-state index contributed by atoms with van der Waals surface area (Å²) < 4.78 is 1.44. The molecule has 1 N–H and O–H groups in total. The Morgan fingerprint density at radius 2 is 2.10 bits per heavy atom. The predicted molar refractivity (Wildman–Crippen MR) is 82.7 cm³/mol. The van der Waals surface area contributed by atoms with E-state index in [1.54, 1.807) is 6.20 Å². The number of aryl methyl sites for hydroxylation is 1. The van der Waals surface area contributed by atoms with Gasteiger partial charge in [0.1, 0.15) is 5.02 Å². The Balaban J connectivity index is 2.19. The van der Waals surface area contributed by atoms with Gasteiger partial charge in [-0.15, -0.1) is 0 Å². The minimum absolute atomic E-state index is 0.174. The average molecular weight is 299 g/mol. The summed E-state index contributed by atoms with van der Waals surface area (Å²) >= 11 is 6.24. The first kappa shape index (κ1) is 15.3. The molecule has 1 aliphatic rings. The van der Waals surface area contributed by atoms with Crippen LogP contribution in [0, 0.1) is 0 Å². The number of nitrogens with one attached hydrogen (secondary N) is 1. The fourth-order valence-corrected chi connectivity index (χ4v) is 2.80. The third-order valence-electron chi connectivity index (χ3n) is 4.21. The molecular formula is C14H23ClN4O. The van der Waals surface area contributed by atoms with Crippen molar-refractivity contribution in [2.45, 2.75) is 45.2 Å². The SMILES string of the molecule is CCCn1ncc(N2CCC(C)(NC)CC2)c(Cl)c1=O. The van der Waals surface area contributed by atoms with Crippen molar-refractivity contribution in [3.63, 3.8) is 0 Å². The van der Waals surface area contributed by atoms with Crippen LogP contribution in [0.2, 0.25) is 5.02 Å². The third kappa shape index (κ3) is 2.99. The summed E-state index contributed by atoms with van der Waals surface area (Å²) in [7, 11) is 2.00. The largest absolute Gasteiger partial charge is 0.369 e. The molecule has 0 spiro atoms. The molecule has 0 aliphatic carbocycles. The summed E-state index contributed by atoms with van der Waals surface area (Å²) in [5.74, 6) is 0. The van der Waals surface area contributed by atoms with Crippen molar-refractivity contribution in [1.29, 1.82) is 0 Å². The summed E-state index contributed by atoms with van der Waals surface area (Å²) in [5, 5.41) is 7.88. The molecule has 0 atom stereocenters. The summed E-state index contributed by atoms with van der Waals surface area (Å²) in [6.07, 6.45) is 4.64. The Hall–Kier alpha value is -1.07. The summed E-state index contributed by atoms with van der Waals surface area (Å²) in [5.41, 5.74) is 0.753. The number of nitrogens with zero attached hydrogens (tertiary/aromatic N) is 3. The number of piperidine rings is 1. The van der Waals surface area contributed by atoms with Crippen LogP contribution in [0.5, 0.6) is 0 Å². The maximum atomic E-state index is 12.1. The number of hydrogen-bond acceptors (Lipinski definition) is 4. The van der Waals surface area contributed by atoms with Gasteiger partial charge < -0.3 is 10.2 Å². The van der Waals surface area contributed by atoms with Crippen LogP contribution in [0.4, 0.5) is 5.69 Å². The van der Waals surface area contributed by atoms with E-state index in [0.717, 1.165) is 38.0 Å². The monoisotopic (exact) mass is 298 g/mol. The highest BCUT2D eigenvalue weighted by molar-refractivity contribution is 6.33. The lowest BCUT2D eigenvalue weighted by atomic mass is 9.90. The van der Waals surface area contributed by atoms with Crippen molar-refractivity contribution in [1.82, 2.24) is 15.1 Å². The first-order chi connectivity index (χ1) is 9.50. The third-order valence-corrected chi connectivity index (χ3v) is 4.57. The second-order valence-corrected chi connectivity index (χ2v) is 6.05. The van der Waals surface area contributed by atoms with Crippen molar-refractivity contribution < 1.29 is 0 Å². The van der Waals surface area contributed by atoms with Gasteiger partial charge in [0.25, 0.3) is 5.56 Å². The van der Waals surface area contributed by atoms with Crippen LogP contribution in [0.15, 0.2) is 11.0 Å². The van der Waals surface area contributed by atoms with Gasteiger partial charge in [-0.25, -0.2) is 4.68 Å². The zero-order valence-electron chi connectivity index (χ0n) is 12.4. The maximum absolute atomic E-state index is 12.1. The molecule has 1 aromatic heterocycles. The summed E-state index contributed by atoms with van der Waals surface area (Å²) in [6, 6.07) is 0. The second-order valence-electron chi connectivity index (χ2n) is 5.67. The van der Waals surface area contributed by atoms with Crippen LogP contribution >= 0.6 is 11.6 Å². The fourth-order valence-electron chi connectivity index (χ4n) is 2.54. The van der Waals surface area contributed by atoms with E-state index in [1.165, 1.54) is 4.68 Å². The average Bonchev–Trinajstić information content (AvgIpc) is 2.46. The molecule has 0 saturated carbocycles. The van der Waals surface area contributed by atoms with Gasteiger partial charge in [-0.2, -0.15) is 5.10 Å². The van der Waals surface area contributed by atoms with Gasteiger partial charge in [-0.1, -0.05) is 18.5 Å². The van der Waals surface area contributed by atoms with Gasteiger partial charge in [0.15, 0.2) is 0 Å². The number of hydrogen-bond donors (Lipinski definition) is 1. The minimum atomic E-state index is -0.187. The maximum Gasteiger partial charge on any atom is 0.287 e. The van der Waals surface area contributed by atoms with Crippen molar-refractivity contribution >= 4 is 17.3 Å². The van der Waals surface area contributed by atoms with Crippen molar-refractivity contribution in [2.24, 2.45) is 0 Å². The van der Waals surface area contributed by atoms with Crippen molar-refractivity contribution in [3.05, 3.63) is 21.6 Å². The summed E-state index contributed by atoms with van der Waals surface area (Å²) in [4.78, 5) is 14.3. The van der Waals surface area contributed by atoms with Crippen LogP contribution in [0.3, 0.4) is 0 Å². The van der Waals surface area contributed by atoms with Crippen molar-refractivity contribution in [3.8, 4) is 0 Å². The fraction of sp³-hybridized carbons (Fsp3) is 0.714. The van der Waals surface area contributed by atoms with Crippen molar-refractivity contribution in [2.75, 3.05) is 25.0 Å². The molecule has 0 unspecified atom stereocenters. The zero-order valence-corrected chi connectivity index (χ0v) is 13.2. The lowest BCUT2D eigenvalue weighted by Gasteiger charge is -2.40. The Morgan fingerprint density at radius 3 is 2.65 bits per heavy atom. The van der Waals surface area contributed by atoms with Crippen LogP contribution in [-0.4, -0.2) is 35.5 Å². The predicted octanol–water partition coefficient (Wildman–Crippen LogP) is 1.88. The van der Waals surface area contributed by atoms with Crippen LogP contribution in [0.1, 0.15) is 33.1 Å². The lowest BCUT2D eigenvalue weighted by Crippen LogP contribution is -2.50. The Labute approximate surface area is 124 Å². The van der Waals surface area contributed by atoms with E-state index in [2.05, 4.69) is 22.2 Å². The molecule has 1 saturated heterocycles. The Kier molecular flexibility index (Phi) is 4.70. The van der Waals surface area contributed by atoms with Gasteiger partial charge in [0.05, 0.1) is 11.9 Å². The first-order valence-electron chi connectivity index (χ1n) is 7.20. The quantitative estimate of drug-likeness (QED) is 0.922. The van der Waals surface area contributed by atoms with Gasteiger partial charge in [0, 0.05) is 25.2 Å². The molecule has 1 aliphatic heterocycles. The summed E-state index contributed by atoms with van der Waals surface area (Å²) in [6.45, 7) is 6.62. The van der Waals surface area contributed by atoms with E-state index in [4.69, 9.17) is 11.6 Å². The van der Waals surface area contributed by atoms with E-state index in [0.29, 0.717) is 11.6 Å². The highest BCUT2D eigenvalue weighted by Gasteiger charge is 2.29. The topological polar surface area (TPSA) is 50.2 Å². The van der Waals surface area contributed by atoms with Gasteiger partial charge in [0.2, 0.25) is 0 Å². The molecule has 1 aromatic rings. The lowest BCUT2D eigenvalue weighted by molar-refractivity contribution is 0.305. The molecule has 6 heteroatoms. The number of rotatable bonds is 4. The standard InChI is InChI=1S/C14H23ClN4O/c1-4-7-19-13(20)12(15)11(10-17-19)18-8-5-14(2,16-3)6-9-18/h10,16H,4-9H2,1-3H3. The smallest absolute Gasteiger partial charge is 0.287 e. The van der Waals surface area contributed by atoms with E-state index in [1.807, 2.05) is 14.0 Å². The van der Waals surface area contributed by atoms with Crippen LogP contribution < -0.4 is 15.8 Å². The van der Waals surface area contributed by atoms with Crippen LogP contribution in [0.25, 0.3) is 0 Å². The molecule has 20 heavy (non-hydrogen) atoms. The molecule has 2 rings (SSSR count). The highest BCUT2D eigenvalue weighted by atomic mass is 35.5. The molecule has 0 amide bonds. The van der Waals surface area contributed by atoms with Gasteiger partial charge in [-0.05, 0) is 33.2 Å². The molecule has 2 heterocycles.